The number of rotatable bonds is 7. The maximum atomic E-state index is 12.3. The number of ether oxygens (including phenoxy) is 1. The minimum Gasteiger partial charge on any atom is -0.453 e. The number of sulfone groups is 1. The third-order valence-electron chi connectivity index (χ3n) is 5.23. The van der Waals surface area contributed by atoms with Crippen LogP contribution >= 0.6 is 0 Å². The van der Waals surface area contributed by atoms with Crippen molar-refractivity contribution >= 4 is 27.5 Å². The summed E-state index contributed by atoms with van der Waals surface area (Å²) < 4.78 is 27.9. The summed E-state index contributed by atoms with van der Waals surface area (Å²) >= 11 is 0. The molecule has 0 bridgehead atoms. The van der Waals surface area contributed by atoms with Crippen LogP contribution in [0.5, 0.6) is 0 Å². The molecule has 2 atom stereocenters. The Kier molecular flexibility index (Phi) is 6.17. The largest absolute Gasteiger partial charge is 0.453 e. The van der Waals surface area contributed by atoms with Crippen molar-refractivity contribution in [3.05, 3.63) is 34.9 Å². The van der Waals surface area contributed by atoms with E-state index in [-0.39, 0.29) is 30.1 Å². The minimum atomic E-state index is -3.10. The lowest BCUT2D eigenvalue weighted by Gasteiger charge is -2.16. The fourth-order valence-electron chi connectivity index (χ4n) is 3.64. The number of carbonyl (C=O) groups is 3. The van der Waals surface area contributed by atoms with Crippen molar-refractivity contribution in [3.63, 3.8) is 0 Å². The molecule has 7 nitrogen and oxygen atoms in total. The monoisotopic (exact) mass is 407 g/mol. The normalized spacial score (nSPS) is 21.0. The van der Waals surface area contributed by atoms with Gasteiger partial charge in [-0.25, -0.2) is 8.42 Å². The number of fused-ring (bicyclic) bond motifs is 1. The highest BCUT2D eigenvalue weighted by atomic mass is 32.2. The molecule has 1 aliphatic heterocycles. The van der Waals surface area contributed by atoms with E-state index in [9.17, 15) is 22.8 Å². The number of hydrogen-bond acceptors (Lipinski definition) is 6. The van der Waals surface area contributed by atoms with Gasteiger partial charge in [0.15, 0.2) is 21.7 Å². The van der Waals surface area contributed by atoms with Crippen molar-refractivity contribution in [1.82, 2.24) is 5.32 Å². The van der Waals surface area contributed by atoms with E-state index in [1.807, 2.05) is 12.1 Å². The molecule has 0 aromatic heterocycles. The van der Waals surface area contributed by atoms with Gasteiger partial charge < -0.3 is 10.1 Å². The molecule has 0 spiro atoms. The van der Waals surface area contributed by atoms with Crippen LogP contribution in [-0.4, -0.2) is 49.7 Å². The van der Waals surface area contributed by atoms with E-state index in [4.69, 9.17) is 4.74 Å². The summed E-state index contributed by atoms with van der Waals surface area (Å²) in [5, 5.41) is 2.59. The molecule has 1 aliphatic carbocycles. The molecule has 28 heavy (non-hydrogen) atoms. The molecule has 1 saturated heterocycles. The molecule has 1 aromatic carbocycles. The van der Waals surface area contributed by atoms with Crippen molar-refractivity contribution in [2.45, 2.75) is 57.6 Å². The fraction of sp³-hybridized carbons (Fsp3) is 0.550. The number of amides is 1. The third-order valence-corrected chi connectivity index (χ3v) is 7.00. The number of aryl methyl sites for hydroxylation is 2. The summed E-state index contributed by atoms with van der Waals surface area (Å²) in [7, 11) is -3.10. The van der Waals surface area contributed by atoms with Gasteiger partial charge in [0.1, 0.15) is 0 Å². The van der Waals surface area contributed by atoms with Gasteiger partial charge in [-0.1, -0.05) is 12.1 Å². The van der Waals surface area contributed by atoms with Gasteiger partial charge in [0.2, 0.25) is 0 Å². The van der Waals surface area contributed by atoms with Crippen molar-refractivity contribution in [2.75, 3.05) is 11.5 Å². The predicted molar refractivity (Wildman–Crippen MR) is 103 cm³/mol. The van der Waals surface area contributed by atoms with Gasteiger partial charge in [-0.2, -0.15) is 0 Å². The molecule has 0 saturated carbocycles. The van der Waals surface area contributed by atoms with Crippen molar-refractivity contribution in [2.24, 2.45) is 0 Å². The number of Topliss-reactive ketones (excluding diaryl/α,β-unsaturated/α-hetero) is 1. The first kappa shape index (κ1) is 20.5. The highest BCUT2D eigenvalue weighted by Gasteiger charge is 2.30. The zero-order chi connectivity index (χ0) is 20.3. The van der Waals surface area contributed by atoms with Crippen LogP contribution in [0.3, 0.4) is 0 Å². The van der Waals surface area contributed by atoms with Crippen LogP contribution in [0.15, 0.2) is 18.2 Å². The first-order chi connectivity index (χ1) is 13.2. The topological polar surface area (TPSA) is 107 Å². The molecule has 0 radical (unpaired) electrons. The van der Waals surface area contributed by atoms with Gasteiger partial charge in [-0.15, -0.1) is 0 Å². The number of ketones is 1. The van der Waals surface area contributed by atoms with Crippen LogP contribution in [-0.2, 0) is 37.0 Å². The van der Waals surface area contributed by atoms with Crippen molar-refractivity contribution in [1.29, 1.82) is 0 Å². The summed E-state index contributed by atoms with van der Waals surface area (Å²) in [6.45, 7) is 1.43. The van der Waals surface area contributed by atoms with Crippen LogP contribution < -0.4 is 5.32 Å². The number of benzene rings is 1. The zero-order valence-corrected chi connectivity index (χ0v) is 16.7. The standard InChI is InChI=1S/C20H25NO6S/c1-13(20(24)21-17-9-10-28(25,26)12-17)27-19(23)8-7-18(22)16-6-5-14-3-2-4-15(14)11-16/h5-6,11,13,17H,2-4,7-10,12H2,1H3,(H,21,24)/t13-,17-/m0/s1. The van der Waals surface area contributed by atoms with E-state index < -0.39 is 33.9 Å². The van der Waals surface area contributed by atoms with E-state index in [1.54, 1.807) is 6.07 Å². The maximum Gasteiger partial charge on any atom is 0.307 e. The van der Waals surface area contributed by atoms with E-state index in [2.05, 4.69) is 5.32 Å². The Balaban J connectivity index is 1.43. The molecule has 1 aromatic rings. The second kappa shape index (κ2) is 8.43. The maximum absolute atomic E-state index is 12.3. The van der Waals surface area contributed by atoms with E-state index >= 15 is 0 Å². The third kappa shape index (κ3) is 5.19. The minimum absolute atomic E-state index is 0.0207. The molecular formula is C20H25NO6S. The second-order valence-corrected chi connectivity index (χ2v) is 9.73. The molecule has 3 rings (SSSR count). The van der Waals surface area contributed by atoms with Gasteiger partial charge >= 0.3 is 5.97 Å². The van der Waals surface area contributed by atoms with E-state index in [0.29, 0.717) is 12.0 Å². The fourth-order valence-corrected chi connectivity index (χ4v) is 5.32. The van der Waals surface area contributed by atoms with Gasteiger partial charge in [0.05, 0.1) is 17.9 Å². The average Bonchev–Trinajstić information content (AvgIpc) is 3.24. The van der Waals surface area contributed by atoms with Crippen LogP contribution in [0.4, 0.5) is 0 Å². The Morgan fingerprint density at radius 1 is 1.18 bits per heavy atom. The molecule has 0 unspecified atom stereocenters. The predicted octanol–water partition coefficient (Wildman–Crippen LogP) is 1.37. The first-order valence-corrected chi connectivity index (χ1v) is 11.4. The van der Waals surface area contributed by atoms with Crippen LogP contribution in [0.25, 0.3) is 0 Å². The zero-order valence-electron chi connectivity index (χ0n) is 15.9. The Morgan fingerprint density at radius 2 is 1.93 bits per heavy atom. The summed E-state index contributed by atoms with van der Waals surface area (Å²) in [4.78, 5) is 36.4. The molecule has 1 heterocycles. The van der Waals surface area contributed by atoms with Crippen LogP contribution in [0.1, 0.15) is 54.1 Å². The lowest BCUT2D eigenvalue weighted by Crippen LogP contribution is -2.42. The SMILES string of the molecule is C[C@H](OC(=O)CCC(=O)c1ccc2c(c1)CCC2)C(=O)N[C@H]1CCS(=O)(=O)C1. The Hall–Kier alpha value is -2.22. The molecule has 2 aliphatic rings. The Bertz CT molecular complexity index is 892. The highest BCUT2D eigenvalue weighted by Crippen LogP contribution is 2.23. The first-order valence-electron chi connectivity index (χ1n) is 9.59. The number of esters is 1. The quantitative estimate of drug-likeness (QED) is 0.540. The van der Waals surface area contributed by atoms with Gasteiger partial charge in [-0.05, 0) is 49.8 Å². The molecule has 1 fully saturated rings. The van der Waals surface area contributed by atoms with Crippen molar-refractivity contribution < 1.29 is 27.5 Å². The Morgan fingerprint density at radius 3 is 2.64 bits per heavy atom. The average molecular weight is 407 g/mol. The number of hydrogen-bond donors (Lipinski definition) is 1. The summed E-state index contributed by atoms with van der Waals surface area (Å²) in [5.41, 5.74) is 3.08. The second-order valence-electron chi connectivity index (χ2n) is 7.50. The lowest BCUT2D eigenvalue weighted by atomic mass is 10.0. The molecule has 152 valence electrons. The molecule has 1 amide bonds. The van der Waals surface area contributed by atoms with E-state index in [1.165, 1.54) is 18.1 Å². The summed E-state index contributed by atoms with van der Waals surface area (Å²) in [5.74, 6) is -1.32. The van der Waals surface area contributed by atoms with Gasteiger partial charge in [0, 0.05) is 18.0 Å². The smallest absolute Gasteiger partial charge is 0.307 e. The summed E-state index contributed by atoms with van der Waals surface area (Å²) in [6.07, 6.45) is 2.37. The van der Waals surface area contributed by atoms with Gasteiger partial charge in [-0.3, -0.25) is 14.4 Å². The number of nitrogens with one attached hydrogen (secondary N) is 1. The molecular weight excluding hydrogens is 382 g/mol. The van der Waals surface area contributed by atoms with Crippen LogP contribution in [0.2, 0.25) is 0 Å². The van der Waals surface area contributed by atoms with E-state index in [0.717, 1.165) is 19.3 Å². The Labute approximate surface area is 164 Å². The van der Waals surface area contributed by atoms with Crippen LogP contribution in [0, 0.1) is 0 Å². The summed E-state index contributed by atoms with van der Waals surface area (Å²) in [6, 6.07) is 5.23. The molecule has 8 heteroatoms. The van der Waals surface area contributed by atoms with Gasteiger partial charge in [0.25, 0.3) is 5.91 Å². The van der Waals surface area contributed by atoms with Crippen molar-refractivity contribution in [3.8, 4) is 0 Å². The number of carbonyl (C=O) groups excluding carboxylic acids is 3. The highest BCUT2D eigenvalue weighted by molar-refractivity contribution is 7.91. The molecule has 1 N–H and O–H groups in total. The lowest BCUT2D eigenvalue weighted by molar-refractivity contribution is -0.154.